The van der Waals surface area contributed by atoms with E-state index in [9.17, 15) is 0 Å². The molecule has 0 unspecified atom stereocenters. The first-order valence-corrected chi connectivity index (χ1v) is 10.1. The molecule has 1 fully saturated rings. The molecule has 0 saturated carbocycles. The van der Waals surface area contributed by atoms with Crippen LogP contribution in [-0.4, -0.2) is 55.7 Å². The monoisotopic (exact) mass is 408 g/mol. The minimum Gasteiger partial charge on any atom is -0.354 e. The summed E-state index contributed by atoms with van der Waals surface area (Å²) in [6.45, 7) is 7.70. The van der Waals surface area contributed by atoms with Gasteiger partial charge in [0, 0.05) is 42.5 Å². The van der Waals surface area contributed by atoms with Gasteiger partial charge < -0.3 is 9.80 Å². The summed E-state index contributed by atoms with van der Waals surface area (Å²) in [7, 11) is 0. The van der Waals surface area contributed by atoms with Gasteiger partial charge in [-0.2, -0.15) is 14.6 Å². The van der Waals surface area contributed by atoms with Crippen molar-refractivity contribution in [2.24, 2.45) is 0 Å². The van der Waals surface area contributed by atoms with Gasteiger partial charge in [-0.25, -0.2) is 9.97 Å². The zero-order valence-electron chi connectivity index (χ0n) is 16.4. The van der Waals surface area contributed by atoms with E-state index in [0.717, 1.165) is 66.5 Å². The maximum absolute atomic E-state index is 6.06. The summed E-state index contributed by atoms with van der Waals surface area (Å²) >= 11 is 6.06. The van der Waals surface area contributed by atoms with Crippen LogP contribution in [0.5, 0.6) is 0 Å². The fourth-order valence-electron chi connectivity index (χ4n) is 3.87. The molecule has 9 heteroatoms. The minimum atomic E-state index is 0.642. The standard InChI is InChI=1S/C20H21ClN8/c1-13-14(2)25-20-23-12-24-29(20)19(13)28-7-3-6-27(8-9-28)18-11-22-17-10-15(21)4-5-16(17)26-18/h4-5,10-12H,3,6-9H2,1-2H3. The van der Waals surface area contributed by atoms with E-state index in [1.807, 2.05) is 35.8 Å². The molecular weight excluding hydrogens is 388 g/mol. The Balaban J connectivity index is 1.43. The van der Waals surface area contributed by atoms with Crippen molar-refractivity contribution in [1.82, 2.24) is 29.5 Å². The van der Waals surface area contributed by atoms with Crippen LogP contribution < -0.4 is 9.80 Å². The van der Waals surface area contributed by atoms with Crippen LogP contribution in [0.1, 0.15) is 17.7 Å². The Kier molecular flexibility index (Phi) is 4.43. The molecule has 8 nitrogen and oxygen atoms in total. The van der Waals surface area contributed by atoms with E-state index in [2.05, 4.69) is 36.8 Å². The fourth-order valence-corrected chi connectivity index (χ4v) is 4.04. The first kappa shape index (κ1) is 18.1. The number of rotatable bonds is 2. The number of benzene rings is 1. The summed E-state index contributed by atoms with van der Waals surface area (Å²) in [6.07, 6.45) is 4.41. The third kappa shape index (κ3) is 3.23. The molecule has 0 atom stereocenters. The van der Waals surface area contributed by atoms with Gasteiger partial charge in [0.1, 0.15) is 18.0 Å². The average molecular weight is 409 g/mol. The molecule has 1 saturated heterocycles. The van der Waals surface area contributed by atoms with Gasteiger partial charge in [-0.1, -0.05) is 11.6 Å². The smallest absolute Gasteiger partial charge is 0.254 e. The molecule has 0 spiro atoms. The third-order valence-corrected chi connectivity index (χ3v) is 5.72. The third-order valence-electron chi connectivity index (χ3n) is 5.49. The molecule has 148 valence electrons. The molecule has 0 N–H and O–H groups in total. The summed E-state index contributed by atoms with van der Waals surface area (Å²) in [4.78, 5) is 22.8. The van der Waals surface area contributed by atoms with Crippen LogP contribution >= 0.6 is 11.6 Å². The van der Waals surface area contributed by atoms with E-state index in [0.29, 0.717) is 10.8 Å². The lowest BCUT2D eigenvalue weighted by Gasteiger charge is -2.26. The lowest BCUT2D eigenvalue weighted by atomic mass is 10.2. The maximum atomic E-state index is 6.06. The average Bonchev–Trinajstić information content (AvgIpc) is 3.03. The van der Waals surface area contributed by atoms with Crippen molar-refractivity contribution in [3.63, 3.8) is 0 Å². The molecular formula is C20H21ClN8. The Hall–Kier alpha value is -3.00. The van der Waals surface area contributed by atoms with E-state index >= 15 is 0 Å². The predicted octanol–water partition coefficient (Wildman–Crippen LogP) is 3.05. The SMILES string of the molecule is Cc1nc2ncnn2c(N2CCCN(c3cnc4cc(Cl)ccc4n3)CC2)c1C. The van der Waals surface area contributed by atoms with Crippen molar-refractivity contribution in [2.75, 3.05) is 36.0 Å². The molecule has 29 heavy (non-hydrogen) atoms. The molecule has 0 amide bonds. The highest BCUT2D eigenvalue weighted by atomic mass is 35.5. The zero-order valence-corrected chi connectivity index (χ0v) is 17.1. The topological polar surface area (TPSA) is 75.3 Å². The largest absolute Gasteiger partial charge is 0.354 e. The van der Waals surface area contributed by atoms with Gasteiger partial charge in [-0.3, -0.25) is 4.98 Å². The van der Waals surface area contributed by atoms with E-state index in [1.54, 1.807) is 6.33 Å². The minimum absolute atomic E-state index is 0.642. The number of anilines is 2. The van der Waals surface area contributed by atoms with E-state index in [-0.39, 0.29) is 0 Å². The molecule has 3 aromatic heterocycles. The van der Waals surface area contributed by atoms with Gasteiger partial charge in [-0.15, -0.1) is 0 Å². The molecule has 0 aliphatic carbocycles. The Labute approximate surface area is 173 Å². The number of fused-ring (bicyclic) bond motifs is 2. The number of hydrogen-bond acceptors (Lipinski definition) is 7. The lowest BCUT2D eigenvalue weighted by molar-refractivity contribution is 0.761. The van der Waals surface area contributed by atoms with Gasteiger partial charge >= 0.3 is 0 Å². The number of aryl methyl sites for hydroxylation is 1. The van der Waals surface area contributed by atoms with Crippen LogP contribution in [0.4, 0.5) is 11.6 Å². The molecule has 5 rings (SSSR count). The fraction of sp³-hybridized carbons (Fsp3) is 0.350. The second-order valence-corrected chi connectivity index (χ2v) is 7.74. The van der Waals surface area contributed by atoms with Crippen LogP contribution in [0, 0.1) is 13.8 Å². The molecule has 1 aliphatic rings. The van der Waals surface area contributed by atoms with E-state index in [1.165, 1.54) is 0 Å². The summed E-state index contributed by atoms with van der Waals surface area (Å²) in [5.41, 5.74) is 3.80. The number of hydrogen-bond donors (Lipinski definition) is 0. The summed E-state index contributed by atoms with van der Waals surface area (Å²) in [5.74, 6) is 2.62. The normalized spacial score (nSPS) is 15.3. The van der Waals surface area contributed by atoms with Gasteiger partial charge in [0.15, 0.2) is 0 Å². The van der Waals surface area contributed by atoms with Crippen LogP contribution in [0.25, 0.3) is 16.8 Å². The first-order chi connectivity index (χ1) is 14.1. The molecule has 1 aliphatic heterocycles. The Morgan fingerprint density at radius 3 is 2.66 bits per heavy atom. The van der Waals surface area contributed by atoms with E-state index < -0.39 is 0 Å². The second-order valence-electron chi connectivity index (χ2n) is 7.31. The van der Waals surface area contributed by atoms with Crippen LogP contribution in [-0.2, 0) is 0 Å². The molecule has 0 radical (unpaired) electrons. The van der Waals surface area contributed by atoms with E-state index in [4.69, 9.17) is 16.6 Å². The molecule has 0 bridgehead atoms. The quantitative estimate of drug-likeness (QED) is 0.504. The van der Waals surface area contributed by atoms with Crippen molar-refractivity contribution in [1.29, 1.82) is 0 Å². The Bertz CT molecular complexity index is 1200. The number of halogens is 1. The van der Waals surface area contributed by atoms with Gasteiger partial charge in [0.25, 0.3) is 5.78 Å². The lowest BCUT2D eigenvalue weighted by Crippen LogP contribution is -2.33. The van der Waals surface area contributed by atoms with Gasteiger partial charge in [0.2, 0.25) is 0 Å². The van der Waals surface area contributed by atoms with Crippen molar-refractivity contribution in [2.45, 2.75) is 20.3 Å². The highest BCUT2D eigenvalue weighted by molar-refractivity contribution is 6.31. The zero-order chi connectivity index (χ0) is 20.0. The van der Waals surface area contributed by atoms with Crippen molar-refractivity contribution in [3.8, 4) is 0 Å². The number of aromatic nitrogens is 6. The first-order valence-electron chi connectivity index (χ1n) is 9.69. The van der Waals surface area contributed by atoms with Crippen molar-refractivity contribution >= 4 is 40.0 Å². The van der Waals surface area contributed by atoms with Crippen LogP contribution in [0.2, 0.25) is 5.02 Å². The predicted molar refractivity (Wildman–Crippen MR) is 114 cm³/mol. The molecule has 4 heterocycles. The second kappa shape index (κ2) is 7.11. The van der Waals surface area contributed by atoms with Crippen molar-refractivity contribution < 1.29 is 0 Å². The van der Waals surface area contributed by atoms with Crippen LogP contribution in [0.15, 0.2) is 30.7 Å². The highest BCUT2D eigenvalue weighted by Crippen LogP contribution is 2.25. The number of nitrogens with zero attached hydrogens (tertiary/aromatic N) is 8. The van der Waals surface area contributed by atoms with Gasteiger partial charge in [-0.05, 0) is 38.5 Å². The van der Waals surface area contributed by atoms with Gasteiger partial charge in [0.05, 0.1) is 17.2 Å². The van der Waals surface area contributed by atoms with Crippen LogP contribution in [0.3, 0.4) is 0 Å². The molecule has 4 aromatic rings. The molecule has 1 aromatic carbocycles. The van der Waals surface area contributed by atoms with Crippen molar-refractivity contribution in [3.05, 3.63) is 47.0 Å². The summed E-state index contributed by atoms with van der Waals surface area (Å²) in [5, 5.41) is 5.07. The summed E-state index contributed by atoms with van der Waals surface area (Å²) < 4.78 is 1.84. The Morgan fingerprint density at radius 2 is 1.76 bits per heavy atom. The highest BCUT2D eigenvalue weighted by Gasteiger charge is 2.22. The maximum Gasteiger partial charge on any atom is 0.254 e. The summed E-state index contributed by atoms with van der Waals surface area (Å²) in [6, 6.07) is 5.61. The Morgan fingerprint density at radius 1 is 0.931 bits per heavy atom.